The third kappa shape index (κ3) is 1.98. The van der Waals surface area contributed by atoms with Gasteiger partial charge in [-0.15, -0.1) is 0 Å². The van der Waals surface area contributed by atoms with E-state index in [-0.39, 0.29) is 5.54 Å². The van der Waals surface area contributed by atoms with Crippen molar-refractivity contribution in [2.24, 2.45) is 0 Å². The zero-order valence-corrected chi connectivity index (χ0v) is 10.2. The molecule has 0 saturated carbocycles. The van der Waals surface area contributed by atoms with Gasteiger partial charge in [-0.1, -0.05) is 12.1 Å². The fraction of sp³-hybridized carbons (Fsp3) is 0.429. The lowest BCUT2D eigenvalue weighted by atomic mass is 9.83. The molecular formula is C14H19NO. The maximum Gasteiger partial charge on any atom is 0.116 e. The summed E-state index contributed by atoms with van der Waals surface area (Å²) in [7, 11) is 1.98. The monoisotopic (exact) mass is 217 g/mol. The molecule has 0 radical (unpaired) electrons. The minimum Gasteiger partial charge on any atom is -0.508 e. The molecule has 1 aromatic rings. The summed E-state index contributed by atoms with van der Waals surface area (Å²) in [6.45, 7) is 4.37. The summed E-state index contributed by atoms with van der Waals surface area (Å²) in [5.41, 5.74) is 3.91. The first-order chi connectivity index (χ1) is 7.53. The number of nitrogens with one attached hydrogen (secondary N) is 1. The first-order valence-corrected chi connectivity index (χ1v) is 5.75. The summed E-state index contributed by atoms with van der Waals surface area (Å²) in [5.74, 6) is 0.346. The maximum absolute atomic E-state index is 9.49. The van der Waals surface area contributed by atoms with Crippen LogP contribution >= 0.6 is 0 Å². The Balaban J connectivity index is 2.41. The minimum atomic E-state index is 0.0309. The number of phenols is 1. The molecule has 2 N–H and O–H groups in total. The Morgan fingerprint density at radius 1 is 1.25 bits per heavy atom. The van der Waals surface area contributed by atoms with Gasteiger partial charge in [-0.25, -0.2) is 0 Å². The Hall–Kier alpha value is -1.28. The van der Waals surface area contributed by atoms with Crippen LogP contribution in [0.3, 0.4) is 0 Å². The smallest absolute Gasteiger partial charge is 0.116 e. The highest BCUT2D eigenvalue weighted by atomic mass is 16.3. The van der Waals surface area contributed by atoms with Crippen molar-refractivity contribution in [3.05, 3.63) is 34.9 Å². The summed E-state index contributed by atoms with van der Waals surface area (Å²) < 4.78 is 0. The second-order valence-corrected chi connectivity index (χ2v) is 4.93. The van der Waals surface area contributed by atoms with Gasteiger partial charge in [-0.05, 0) is 62.6 Å². The van der Waals surface area contributed by atoms with E-state index in [0.29, 0.717) is 5.75 Å². The van der Waals surface area contributed by atoms with Crippen molar-refractivity contribution in [1.29, 1.82) is 0 Å². The van der Waals surface area contributed by atoms with Gasteiger partial charge >= 0.3 is 0 Å². The molecule has 1 aliphatic rings. The molecule has 2 heteroatoms. The van der Waals surface area contributed by atoms with Crippen LogP contribution in [0.15, 0.2) is 23.8 Å². The van der Waals surface area contributed by atoms with E-state index >= 15 is 0 Å². The van der Waals surface area contributed by atoms with Crippen molar-refractivity contribution in [2.45, 2.75) is 32.2 Å². The van der Waals surface area contributed by atoms with E-state index in [9.17, 15) is 5.11 Å². The van der Waals surface area contributed by atoms with Crippen LogP contribution in [0.25, 0.3) is 6.08 Å². The predicted molar refractivity (Wildman–Crippen MR) is 67.5 cm³/mol. The normalized spacial score (nSPS) is 15.6. The fourth-order valence-electron chi connectivity index (χ4n) is 2.13. The number of benzene rings is 1. The fourth-order valence-corrected chi connectivity index (χ4v) is 2.13. The zero-order valence-electron chi connectivity index (χ0n) is 10.2. The SMILES string of the molecule is CNC(C)(C)C1=Cc2cc(O)ccc2CC1. The van der Waals surface area contributed by atoms with Gasteiger partial charge in [-0.3, -0.25) is 0 Å². The molecule has 0 saturated heterocycles. The molecular weight excluding hydrogens is 198 g/mol. The van der Waals surface area contributed by atoms with Crippen LogP contribution in [-0.2, 0) is 6.42 Å². The van der Waals surface area contributed by atoms with Gasteiger partial charge in [0.05, 0.1) is 0 Å². The van der Waals surface area contributed by atoms with Crippen molar-refractivity contribution in [1.82, 2.24) is 5.32 Å². The maximum atomic E-state index is 9.49. The number of aromatic hydroxyl groups is 1. The van der Waals surface area contributed by atoms with Crippen LogP contribution in [0.1, 0.15) is 31.4 Å². The summed E-state index contributed by atoms with van der Waals surface area (Å²) in [6, 6.07) is 5.63. The Morgan fingerprint density at radius 3 is 2.69 bits per heavy atom. The second-order valence-electron chi connectivity index (χ2n) is 4.93. The lowest BCUT2D eigenvalue weighted by molar-refractivity contribution is 0.472. The molecule has 0 atom stereocenters. The van der Waals surface area contributed by atoms with E-state index < -0.39 is 0 Å². The summed E-state index contributed by atoms with van der Waals surface area (Å²) >= 11 is 0. The highest BCUT2D eigenvalue weighted by Crippen LogP contribution is 2.31. The quantitative estimate of drug-likeness (QED) is 0.798. The molecule has 16 heavy (non-hydrogen) atoms. The van der Waals surface area contributed by atoms with E-state index in [1.54, 1.807) is 6.07 Å². The van der Waals surface area contributed by atoms with Gasteiger partial charge in [0, 0.05) is 5.54 Å². The van der Waals surface area contributed by atoms with Crippen molar-refractivity contribution in [3.63, 3.8) is 0 Å². The number of aryl methyl sites for hydroxylation is 1. The van der Waals surface area contributed by atoms with E-state index in [0.717, 1.165) is 18.4 Å². The molecule has 0 amide bonds. The van der Waals surface area contributed by atoms with E-state index in [4.69, 9.17) is 0 Å². The highest BCUT2D eigenvalue weighted by molar-refractivity contribution is 5.63. The molecule has 0 fully saturated rings. The minimum absolute atomic E-state index is 0.0309. The van der Waals surface area contributed by atoms with Gasteiger partial charge in [0.2, 0.25) is 0 Å². The molecule has 1 aliphatic carbocycles. The number of rotatable bonds is 2. The lowest BCUT2D eigenvalue weighted by Crippen LogP contribution is -2.38. The topological polar surface area (TPSA) is 32.3 Å². The third-order valence-corrected chi connectivity index (χ3v) is 3.55. The van der Waals surface area contributed by atoms with Gasteiger partial charge in [0.1, 0.15) is 5.75 Å². The zero-order chi connectivity index (χ0) is 11.8. The Bertz CT molecular complexity index is 432. The van der Waals surface area contributed by atoms with E-state index in [2.05, 4.69) is 25.2 Å². The number of hydrogen-bond donors (Lipinski definition) is 2. The lowest BCUT2D eigenvalue weighted by Gasteiger charge is -2.30. The molecule has 0 aliphatic heterocycles. The molecule has 2 rings (SSSR count). The van der Waals surface area contributed by atoms with Crippen LogP contribution in [0.2, 0.25) is 0 Å². The van der Waals surface area contributed by atoms with Crippen LogP contribution in [0, 0.1) is 0 Å². The van der Waals surface area contributed by atoms with Gasteiger partial charge in [0.25, 0.3) is 0 Å². The largest absolute Gasteiger partial charge is 0.508 e. The molecule has 0 aromatic heterocycles. The van der Waals surface area contributed by atoms with Crippen molar-refractivity contribution < 1.29 is 5.11 Å². The van der Waals surface area contributed by atoms with Crippen molar-refractivity contribution >= 4 is 6.08 Å². The van der Waals surface area contributed by atoms with Crippen LogP contribution < -0.4 is 5.32 Å². The molecule has 2 nitrogen and oxygen atoms in total. The average Bonchev–Trinajstić information content (AvgIpc) is 2.28. The highest BCUT2D eigenvalue weighted by Gasteiger charge is 2.23. The summed E-state index contributed by atoms with van der Waals surface area (Å²) in [4.78, 5) is 0. The Labute approximate surface area is 97.0 Å². The first kappa shape index (κ1) is 11.2. The molecule has 1 aromatic carbocycles. The Kier molecular flexibility index (Phi) is 2.76. The van der Waals surface area contributed by atoms with Gasteiger partial charge in [-0.2, -0.15) is 0 Å². The third-order valence-electron chi connectivity index (χ3n) is 3.55. The Morgan fingerprint density at radius 2 is 2.00 bits per heavy atom. The first-order valence-electron chi connectivity index (χ1n) is 5.75. The molecule has 0 bridgehead atoms. The number of phenolic OH excluding ortho intramolecular Hbond substituents is 1. The summed E-state index contributed by atoms with van der Waals surface area (Å²) in [5, 5.41) is 12.8. The van der Waals surface area contributed by atoms with Crippen LogP contribution in [0.5, 0.6) is 5.75 Å². The molecule has 0 unspecified atom stereocenters. The predicted octanol–water partition coefficient (Wildman–Crippen LogP) is 2.72. The number of fused-ring (bicyclic) bond motifs is 1. The van der Waals surface area contributed by atoms with Gasteiger partial charge < -0.3 is 10.4 Å². The standard InChI is InChI=1S/C14H19NO/c1-14(2,15-3)12-6-4-10-5-7-13(16)9-11(10)8-12/h5,7-9,15-16H,4,6H2,1-3H3. The molecule has 0 heterocycles. The number of likely N-dealkylation sites (N-methyl/N-ethyl adjacent to an activating group) is 1. The van der Waals surface area contributed by atoms with Crippen LogP contribution in [0.4, 0.5) is 0 Å². The van der Waals surface area contributed by atoms with Gasteiger partial charge in [0.15, 0.2) is 0 Å². The average molecular weight is 217 g/mol. The van der Waals surface area contributed by atoms with Crippen molar-refractivity contribution in [2.75, 3.05) is 7.05 Å². The second kappa shape index (κ2) is 3.95. The van der Waals surface area contributed by atoms with Crippen molar-refractivity contribution in [3.8, 4) is 5.75 Å². The van der Waals surface area contributed by atoms with E-state index in [1.807, 2.05) is 19.2 Å². The van der Waals surface area contributed by atoms with E-state index in [1.165, 1.54) is 11.1 Å². The summed E-state index contributed by atoms with van der Waals surface area (Å²) in [6.07, 6.45) is 4.35. The molecule has 0 spiro atoms. The molecule has 86 valence electrons. The van der Waals surface area contributed by atoms with Crippen LogP contribution in [-0.4, -0.2) is 17.7 Å². The number of hydrogen-bond acceptors (Lipinski definition) is 2.